The van der Waals surface area contributed by atoms with Crippen LogP contribution < -0.4 is 5.73 Å². The molecule has 1 saturated carbocycles. The molecule has 0 atom stereocenters. The van der Waals surface area contributed by atoms with E-state index in [1.807, 2.05) is 30.3 Å². The number of aryl methyl sites for hydroxylation is 2. The molecular formula is C23H20ClN5O. The molecule has 1 aliphatic carbocycles. The number of hydrogen-bond acceptors (Lipinski definition) is 4. The third-order valence-corrected chi connectivity index (χ3v) is 5.85. The summed E-state index contributed by atoms with van der Waals surface area (Å²) in [4.78, 5) is 28.3. The molecule has 1 amide bonds. The number of primary amides is 1. The van der Waals surface area contributed by atoms with E-state index in [2.05, 4.69) is 19.8 Å². The Hall–Kier alpha value is -3.30. The molecule has 0 saturated heterocycles. The first-order chi connectivity index (χ1) is 14.5. The van der Waals surface area contributed by atoms with Gasteiger partial charge in [-0.05, 0) is 42.9 Å². The monoisotopic (exact) mass is 417 g/mol. The molecule has 0 bridgehead atoms. The van der Waals surface area contributed by atoms with Crippen LogP contribution in [-0.2, 0) is 29.5 Å². The third kappa shape index (κ3) is 4.03. The highest BCUT2D eigenvalue weighted by atomic mass is 35.5. The van der Waals surface area contributed by atoms with Crippen molar-refractivity contribution in [1.82, 2.24) is 15.0 Å². The second-order valence-corrected chi connectivity index (χ2v) is 7.90. The zero-order chi connectivity index (χ0) is 21.1. The van der Waals surface area contributed by atoms with Gasteiger partial charge in [0.25, 0.3) is 5.82 Å². The van der Waals surface area contributed by atoms with E-state index in [0.29, 0.717) is 35.9 Å². The normalized spacial score (nSPS) is 14.1. The van der Waals surface area contributed by atoms with Crippen LogP contribution in [0.25, 0.3) is 4.85 Å². The minimum atomic E-state index is -0.512. The molecule has 4 rings (SSSR count). The Bertz CT molecular complexity index is 1130. The number of nitrogens with zero attached hydrogens (tertiary/aromatic N) is 4. The molecule has 0 unspecified atom stereocenters. The largest absolute Gasteiger partial charge is 0.369 e. The van der Waals surface area contributed by atoms with Gasteiger partial charge < -0.3 is 10.6 Å². The van der Waals surface area contributed by atoms with Gasteiger partial charge in [0.15, 0.2) is 0 Å². The Balaban J connectivity index is 1.51. The van der Waals surface area contributed by atoms with Crippen LogP contribution in [0.3, 0.4) is 0 Å². The van der Waals surface area contributed by atoms with Crippen molar-refractivity contribution in [1.29, 1.82) is 0 Å². The highest BCUT2D eigenvalue weighted by Gasteiger charge is 2.50. The fraction of sp³-hybridized carbons (Fsp3) is 0.261. The van der Waals surface area contributed by atoms with Crippen molar-refractivity contribution < 1.29 is 4.79 Å². The quantitative estimate of drug-likeness (QED) is 0.589. The predicted molar refractivity (Wildman–Crippen MR) is 114 cm³/mol. The Morgan fingerprint density at radius 2 is 1.93 bits per heavy atom. The number of nitrogens with two attached hydrogens (primary N) is 1. The molecular weight excluding hydrogens is 398 g/mol. The van der Waals surface area contributed by atoms with Gasteiger partial charge in [-0.15, -0.1) is 4.98 Å². The van der Waals surface area contributed by atoms with Crippen LogP contribution >= 0.6 is 11.6 Å². The number of aromatic nitrogens is 3. The van der Waals surface area contributed by atoms with E-state index in [1.54, 1.807) is 18.5 Å². The van der Waals surface area contributed by atoms with E-state index in [-0.39, 0.29) is 5.91 Å². The summed E-state index contributed by atoms with van der Waals surface area (Å²) in [6, 6.07) is 11.5. The molecule has 2 aromatic heterocycles. The molecule has 2 heterocycles. The molecule has 30 heavy (non-hydrogen) atoms. The molecule has 0 radical (unpaired) electrons. The molecule has 1 aliphatic rings. The van der Waals surface area contributed by atoms with Crippen LogP contribution in [-0.4, -0.2) is 20.9 Å². The molecule has 150 valence electrons. The Labute approximate surface area is 180 Å². The topological polar surface area (TPSA) is 86.1 Å². The molecule has 2 N–H and O–H groups in total. The summed E-state index contributed by atoms with van der Waals surface area (Å²) in [5, 5.41) is 0.522. The van der Waals surface area contributed by atoms with E-state index in [0.717, 1.165) is 35.2 Å². The smallest absolute Gasteiger partial charge is 0.269 e. The average molecular weight is 418 g/mol. The summed E-state index contributed by atoms with van der Waals surface area (Å²) in [6.07, 6.45) is 6.75. The Kier molecular flexibility index (Phi) is 5.47. The first kappa shape index (κ1) is 20.0. The molecule has 1 aromatic carbocycles. The third-order valence-electron chi connectivity index (χ3n) is 5.54. The van der Waals surface area contributed by atoms with Gasteiger partial charge in [-0.1, -0.05) is 48.5 Å². The number of carbonyl (C=O) groups excluding carboxylic acids is 1. The van der Waals surface area contributed by atoms with E-state index in [4.69, 9.17) is 23.9 Å². The average Bonchev–Trinajstić information content (AvgIpc) is 3.57. The van der Waals surface area contributed by atoms with Crippen LogP contribution in [0.15, 0.2) is 48.8 Å². The molecule has 1 fully saturated rings. The van der Waals surface area contributed by atoms with Crippen molar-refractivity contribution in [2.24, 2.45) is 5.73 Å². The van der Waals surface area contributed by atoms with Crippen LogP contribution in [0.2, 0.25) is 5.02 Å². The van der Waals surface area contributed by atoms with Gasteiger partial charge in [0.1, 0.15) is 12.0 Å². The van der Waals surface area contributed by atoms with Crippen LogP contribution in [0.1, 0.15) is 41.1 Å². The molecule has 6 nitrogen and oxygen atoms in total. The standard InChI is InChI=1S/C23H20ClN5O/c1-26-20-9-6-15(13-27-20)12-21-28-14-18(24)19(29-21)8-7-16-4-2-3-5-17(16)23(10-11-23)22(25)30/h2-6,9,13-14H,7-8,10-12H2,(H2,25,30). The maximum absolute atomic E-state index is 12.0. The van der Waals surface area contributed by atoms with E-state index < -0.39 is 5.41 Å². The summed E-state index contributed by atoms with van der Waals surface area (Å²) in [5.74, 6) is 0.755. The van der Waals surface area contributed by atoms with Crippen molar-refractivity contribution in [3.63, 3.8) is 0 Å². The summed E-state index contributed by atoms with van der Waals surface area (Å²) in [7, 11) is 0. The number of hydrogen-bond donors (Lipinski definition) is 1. The molecule has 0 spiro atoms. The number of halogens is 1. The van der Waals surface area contributed by atoms with Crippen molar-refractivity contribution in [2.45, 2.75) is 37.5 Å². The Morgan fingerprint density at radius 3 is 2.60 bits per heavy atom. The minimum absolute atomic E-state index is 0.254. The number of rotatable bonds is 7. The lowest BCUT2D eigenvalue weighted by Crippen LogP contribution is -2.29. The lowest BCUT2D eigenvalue weighted by molar-refractivity contribution is -0.120. The fourth-order valence-corrected chi connectivity index (χ4v) is 3.89. The van der Waals surface area contributed by atoms with E-state index in [1.165, 1.54) is 0 Å². The maximum Gasteiger partial charge on any atom is 0.269 e. The van der Waals surface area contributed by atoms with Gasteiger partial charge in [-0.3, -0.25) is 4.79 Å². The molecule has 7 heteroatoms. The van der Waals surface area contributed by atoms with Crippen LogP contribution in [0, 0.1) is 6.57 Å². The first-order valence-electron chi connectivity index (χ1n) is 9.73. The lowest BCUT2D eigenvalue weighted by Gasteiger charge is -2.16. The zero-order valence-corrected chi connectivity index (χ0v) is 17.1. The second kappa shape index (κ2) is 8.21. The van der Waals surface area contributed by atoms with Crippen LogP contribution in [0.5, 0.6) is 0 Å². The number of carbonyl (C=O) groups is 1. The SMILES string of the molecule is [C-]#[N+]c1ccc(Cc2ncc(Cl)c(CCc3ccccc3C3(C(N)=O)CC3)n2)cn1. The van der Waals surface area contributed by atoms with Gasteiger partial charge in [-0.25, -0.2) is 9.97 Å². The second-order valence-electron chi connectivity index (χ2n) is 7.50. The van der Waals surface area contributed by atoms with E-state index in [9.17, 15) is 4.79 Å². The van der Waals surface area contributed by atoms with E-state index >= 15 is 0 Å². The van der Waals surface area contributed by atoms with Crippen molar-refractivity contribution in [3.8, 4) is 0 Å². The summed E-state index contributed by atoms with van der Waals surface area (Å²) in [5.41, 5.74) is 8.98. The summed E-state index contributed by atoms with van der Waals surface area (Å²) < 4.78 is 0. The van der Waals surface area contributed by atoms with Crippen molar-refractivity contribution >= 4 is 23.3 Å². The first-order valence-corrected chi connectivity index (χ1v) is 10.1. The van der Waals surface area contributed by atoms with Crippen LogP contribution in [0.4, 0.5) is 5.82 Å². The zero-order valence-electron chi connectivity index (χ0n) is 16.3. The maximum atomic E-state index is 12.0. The minimum Gasteiger partial charge on any atom is -0.369 e. The molecule has 3 aromatic rings. The highest BCUT2D eigenvalue weighted by Crippen LogP contribution is 2.49. The molecule has 0 aliphatic heterocycles. The predicted octanol–water partition coefficient (Wildman–Crippen LogP) is 3.97. The number of pyridine rings is 1. The van der Waals surface area contributed by atoms with Crippen molar-refractivity contribution in [3.05, 3.63) is 93.4 Å². The fourth-order valence-electron chi connectivity index (χ4n) is 3.71. The van der Waals surface area contributed by atoms with Crippen molar-refractivity contribution in [2.75, 3.05) is 0 Å². The number of amides is 1. The van der Waals surface area contributed by atoms with Gasteiger partial charge >= 0.3 is 0 Å². The van der Waals surface area contributed by atoms with Gasteiger partial charge in [-0.2, -0.15) is 0 Å². The summed E-state index contributed by atoms with van der Waals surface area (Å²) >= 11 is 6.35. The van der Waals surface area contributed by atoms with Gasteiger partial charge in [0, 0.05) is 18.2 Å². The lowest BCUT2D eigenvalue weighted by atomic mass is 9.88. The Morgan fingerprint density at radius 1 is 1.13 bits per heavy atom. The van der Waals surface area contributed by atoms with Gasteiger partial charge in [0.2, 0.25) is 5.91 Å². The summed E-state index contributed by atoms with van der Waals surface area (Å²) in [6.45, 7) is 6.98. The van der Waals surface area contributed by atoms with Gasteiger partial charge in [0.05, 0.1) is 16.1 Å². The highest BCUT2D eigenvalue weighted by molar-refractivity contribution is 6.31. The number of benzene rings is 1.